The van der Waals surface area contributed by atoms with Crippen LogP contribution in [0.15, 0.2) is 28.9 Å². The van der Waals surface area contributed by atoms with Crippen molar-refractivity contribution in [3.63, 3.8) is 0 Å². The average molecular weight is 342 g/mol. The number of hydrogen-bond acceptors (Lipinski definition) is 5. The highest BCUT2D eigenvalue weighted by Gasteiger charge is 2.32. The molecule has 1 heterocycles. The minimum absolute atomic E-state index is 0.108. The number of cyclic esters (lactones) is 1. The molecule has 1 fully saturated rings. The van der Waals surface area contributed by atoms with Crippen LogP contribution in [0.4, 0.5) is 10.5 Å². The van der Waals surface area contributed by atoms with Gasteiger partial charge in [0, 0.05) is 24.5 Å². The van der Waals surface area contributed by atoms with Crippen molar-refractivity contribution in [1.29, 1.82) is 0 Å². The number of nitrogens with zero attached hydrogens (tertiary/aromatic N) is 2. The van der Waals surface area contributed by atoms with Gasteiger partial charge >= 0.3 is 6.09 Å². The molecule has 0 bridgehead atoms. The van der Waals surface area contributed by atoms with Gasteiger partial charge in [-0.3, -0.25) is 10.3 Å². The maximum absolute atomic E-state index is 12.2. The number of ether oxygens (including phenoxy) is 1. The molecule has 0 aromatic heterocycles. The number of amides is 1. The van der Waals surface area contributed by atoms with Gasteiger partial charge in [-0.1, -0.05) is 6.07 Å². The highest BCUT2D eigenvalue weighted by Crippen LogP contribution is 2.32. The molecule has 1 unspecified atom stereocenters. The summed E-state index contributed by atoms with van der Waals surface area (Å²) in [4.78, 5) is 13.9. The predicted molar refractivity (Wildman–Crippen MR) is 101 cm³/mol. The zero-order valence-corrected chi connectivity index (χ0v) is 15.0. The Hall–Kier alpha value is -2.34. The topological polar surface area (TPSA) is 66.0 Å². The fourth-order valence-electron chi connectivity index (χ4n) is 3.56. The number of carbonyl (C=O) groups is 1. The second kappa shape index (κ2) is 7.70. The van der Waals surface area contributed by atoms with Crippen LogP contribution in [0.5, 0.6) is 0 Å². The summed E-state index contributed by atoms with van der Waals surface area (Å²) in [6, 6.07) is 6.18. The summed E-state index contributed by atoms with van der Waals surface area (Å²) in [5.74, 6) is 0. The van der Waals surface area contributed by atoms with E-state index in [2.05, 4.69) is 41.6 Å². The molecule has 1 atom stereocenters. The van der Waals surface area contributed by atoms with E-state index < -0.39 is 0 Å². The molecule has 3 rings (SSSR count). The molecule has 1 aliphatic carbocycles. The number of aryl methyl sites for hydroxylation is 1. The SMILES string of the molecule is C=NN/C1=C(\C)CCCCc2cc(N3CC(CNC)OC3=O)ccc21. The van der Waals surface area contributed by atoms with Crippen LogP contribution in [-0.4, -0.2) is 39.1 Å². The van der Waals surface area contributed by atoms with Gasteiger partial charge in [0.25, 0.3) is 0 Å². The highest BCUT2D eigenvalue weighted by atomic mass is 16.6. The number of likely N-dealkylation sites (N-methyl/N-ethyl adjacent to an activating group) is 1. The van der Waals surface area contributed by atoms with Crippen LogP contribution in [0.1, 0.15) is 37.3 Å². The average Bonchev–Trinajstić information content (AvgIpc) is 2.96. The number of allylic oxidation sites excluding steroid dienone is 1. The summed E-state index contributed by atoms with van der Waals surface area (Å²) < 4.78 is 5.41. The minimum atomic E-state index is -0.274. The molecule has 2 N–H and O–H groups in total. The lowest BCUT2D eigenvalue weighted by Crippen LogP contribution is -2.29. The first-order chi connectivity index (χ1) is 12.1. The zero-order valence-electron chi connectivity index (χ0n) is 15.0. The summed E-state index contributed by atoms with van der Waals surface area (Å²) in [6.45, 7) is 6.93. The summed E-state index contributed by atoms with van der Waals surface area (Å²) in [7, 11) is 1.86. The molecular weight excluding hydrogens is 316 g/mol. The van der Waals surface area contributed by atoms with Crippen molar-refractivity contribution in [3.8, 4) is 0 Å². The lowest BCUT2D eigenvalue weighted by Gasteiger charge is -2.21. The Labute approximate surface area is 148 Å². The van der Waals surface area contributed by atoms with Gasteiger partial charge in [-0.15, -0.1) is 0 Å². The van der Waals surface area contributed by atoms with Crippen LogP contribution >= 0.6 is 0 Å². The fraction of sp³-hybridized carbons (Fsp3) is 0.474. The molecule has 6 nitrogen and oxygen atoms in total. The molecule has 1 aliphatic heterocycles. The molecule has 6 heteroatoms. The maximum Gasteiger partial charge on any atom is 0.414 e. The smallest absolute Gasteiger partial charge is 0.414 e. The number of fused-ring (bicyclic) bond motifs is 1. The second-order valence-corrected chi connectivity index (χ2v) is 6.65. The van der Waals surface area contributed by atoms with Gasteiger partial charge in [0.2, 0.25) is 0 Å². The lowest BCUT2D eigenvalue weighted by molar-refractivity contribution is 0.141. The van der Waals surface area contributed by atoms with E-state index in [-0.39, 0.29) is 12.2 Å². The molecule has 1 aromatic rings. The lowest BCUT2D eigenvalue weighted by atomic mass is 9.91. The van der Waals surface area contributed by atoms with Crippen molar-refractivity contribution in [3.05, 3.63) is 34.9 Å². The van der Waals surface area contributed by atoms with Crippen LogP contribution in [0, 0.1) is 0 Å². The van der Waals surface area contributed by atoms with Gasteiger partial charge < -0.3 is 10.1 Å². The number of hydrogen-bond donors (Lipinski definition) is 2. The quantitative estimate of drug-likeness (QED) is 0.638. The van der Waals surface area contributed by atoms with E-state index in [9.17, 15) is 4.79 Å². The van der Waals surface area contributed by atoms with Gasteiger partial charge in [0.15, 0.2) is 0 Å². The summed E-state index contributed by atoms with van der Waals surface area (Å²) in [5.41, 5.74) is 8.65. The van der Waals surface area contributed by atoms with E-state index in [1.165, 1.54) is 11.1 Å². The summed E-state index contributed by atoms with van der Waals surface area (Å²) >= 11 is 0. The molecule has 0 spiro atoms. The van der Waals surface area contributed by atoms with Crippen molar-refractivity contribution >= 4 is 24.2 Å². The van der Waals surface area contributed by atoms with Gasteiger partial charge in [0.1, 0.15) is 6.10 Å². The Morgan fingerprint density at radius 2 is 2.16 bits per heavy atom. The molecule has 25 heavy (non-hydrogen) atoms. The Morgan fingerprint density at radius 1 is 1.36 bits per heavy atom. The minimum Gasteiger partial charge on any atom is -0.443 e. The number of nitrogens with one attached hydrogen (secondary N) is 2. The van der Waals surface area contributed by atoms with E-state index >= 15 is 0 Å². The number of anilines is 1. The molecule has 2 aliphatic rings. The summed E-state index contributed by atoms with van der Waals surface area (Å²) in [5, 5.41) is 6.93. The third kappa shape index (κ3) is 3.69. The first-order valence-electron chi connectivity index (χ1n) is 8.81. The molecule has 1 saturated heterocycles. The van der Waals surface area contributed by atoms with Crippen molar-refractivity contribution in [2.75, 3.05) is 25.0 Å². The summed E-state index contributed by atoms with van der Waals surface area (Å²) in [6.07, 6.45) is 3.95. The Kier molecular flexibility index (Phi) is 5.38. The van der Waals surface area contributed by atoms with Crippen LogP contribution in [-0.2, 0) is 11.2 Å². The van der Waals surface area contributed by atoms with Crippen molar-refractivity contribution < 1.29 is 9.53 Å². The van der Waals surface area contributed by atoms with Gasteiger partial charge in [0.05, 0.1) is 12.2 Å². The van der Waals surface area contributed by atoms with E-state index in [4.69, 9.17) is 4.74 Å². The van der Waals surface area contributed by atoms with E-state index in [0.717, 1.165) is 42.6 Å². The largest absolute Gasteiger partial charge is 0.443 e. The number of benzene rings is 1. The molecule has 0 radical (unpaired) electrons. The molecule has 1 amide bonds. The zero-order chi connectivity index (χ0) is 17.8. The van der Waals surface area contributed by atoms with Crippen LogP contribution < -0.4 is 15.6 Å². The van der Waals surface area contributed by atoms with Crippen LogP contribution in [0.25, 0.3) is 5.70 Å². The fourth-order valence-corrected chi connectivity index (χ4v) is 3.56. The number of hydrazone groups is 1. The number of carbonyl (C=O) groups excluding carboxylic acids is 1. The van der Waals surface area contributed by atoms with E-state index in [1.807, 2.05) is 13.1 Å². The molecule has 0 saturated carbocycles. The van der Waals surface area contributed by atoms with Crippen molar-refractivity contribution in [1.82, 2.24) is 10.7 Å². The molecule has 1 aromatic carbocycles. The third-order valence-electron chi connectivity index (χ3n) is 4.84. The van der Waals surface area contributed by atoms with Gasteiger partial charge in [-0.25, -0.2) is 4.79 Å². The Bertz CT molecular complexity index is 699. The van der Waals surface area contributed by atoms with Gasteiger partial charge in [-0.2, -0.15) is 5.10 Å². The third-order valence-corrected chi connectivity index (χ3v) is 4.84. The molecule has 134 valence electrons. The first-order valence-corrected chi connectivity index (χ1v) is 8.81. The standard InChI is InChI=1S/C19H26N4O2/c1-13-6-4-5-7-14-10-15(8-9-17(14)18(13)22-21-3)23-12-16(11-20-2)25-19(23)24/h8-10,16,20,22H,3-7,11-12H2,1-2H3/b18-13+. The van der Waals surface area contributed by atoms with E-state index in [0.29, 0.717) is 13.1 Å². The highest BCUT2D eigenvalue weighted by molar-refractivity contribution is 5.90. The Balaban J connectivity index is 1.93. The molecular formula is C19H26N4O2. The van der Waals surface area contributed by atoms with Crippen LogP contribution in [0.3, 0.4) is 0 Å². The van der Waals surface area contributed by atoms with Crippen LogP contribution in [0.2, 0.25) is 0 Å². The van der Waals surface area contributed by atoms with Crippen molar-refractivity contribution in [2.45, 2.75) is 38.7 Å². The first kappa shape index (κ1) is 17.5. The predicted octanol–water partition coefficient (Wildman–Crippen LogP) is 2.89. The number of rotatable bonds is 5. The van der Waals surface area contributed by atoms with Crippen molar-refractivity contribution in [2.24, 2.45) is 5.10 Å². The monoisotopic (exact) mass is 342 g/mol. The second-order valence-electron chi connectivity index (χ2n) is 6.65. The van der Waals surface area contributed by atoms with Gasteiger partial charge in [-0.05, 0) is 62.9 Å². The maximum atomic E-state index is 12.2. The van der Waals surface area contributed by atoms with E-state index in [1.54, 1.807) is 4.90 Å². The Morgan fingerprint density at radius 3 is 2.92 bits per heavy atom. The normalized spacial score (nSPS) is 23.5.